The average molecular weight is 285 g/mol. The molecule has 0 amide bonds. The van der Waals surface area contributed by atoms with Gasteiger partial charge in [-0.2, -0.15) is 0 Å². The Morgan fingerprint density at radius 1 is 0.400 bits per heavy atom. The van der Waals surface area contributed by atoms with Crippen LogP contribution in [0.4, 0.5) is 0 Å². The normalized spacial score (nSPS) is 11.1. The van der Waals surface area contributed by atoms with Crippen LogP contribution in [0.5, 0.6) is 0 Å². The van der Waals surface area contributed by atoms with Crippen molar-refractivity contribution in [1.29, 1.82) is 0 Å². The van der Waals surface area contributed by atoms with Crippen molar-refractivity contribution in [2.75, 3.05) is 26.2 Å². The van der Waals surface area contributed by atoms with Crippen molar-refractivity contribution in [3.63, 3.8) is 0 Å². The molecule has 2 N–H and O–H groups in total. The zero-order chi connectivity index (χ0) is 14.7. The predicted molar refractivity (Wildman–Crippen MR) is 92.5 cm³/mol. The molecule has 0 saturated heterocycles. The van der Waals surface area contributed by atoms with Crippen LogP contribution in [0.3, 0.4) is 0 Å². The molecule has 0 saturated carbocycles. The Bertz CT molecular complexity index is 141. The van der Waals surface area contributed by atoms with Gasteiger partial charge in [-0.3, -0.25) is 0 Å². The highest BCUT2D eigenvalue weighted by molar-refractivity contribution is 4.53. The summed E-state index contributed by atoms with van der Waals surface area (Å²) in [5, 5.41) is 6.99. The lowest BCUT2D eigenvalue weighted by Crippen LogP contribution is -2.23. The summed E-state index contributed by atoms with van der Waals surface area (Å²) >= 11 is 0. The molecular weight excluding hydrogens is 244 g/mol. The van der Waals surface area contributed by atoms with Gasteiger partial charge in [-0.25, -0.2) is 0 Å². The Labute approximate surface area is 128 Å². The molecule has 0 fully saturated rings. The third-order valence-corrected chi connectivity index (χ3v) is 3.84. The van der Waals surface area contributed by atoms with E-state index in [1.54, 1.807) is 0 Å². The van der Waals surface area contributed by atoms with Gasteiger partial charge in [-0.15, -0.1) is 0 Å². The highest BCUT2D eigenvalue weighted by Crippen LogP contribution is 2.10. The highest BCUT2D eigenvalue weighted by Gasteiger charge is 1.93. The third kappa shape index (κ3) is 17.9. The summed E-state index contributed by atoms with van der Waals surface area (Å²) in [5.41, 5.74) is 0. The van der Waals surface area contributed by atoms with E-state index in [0.29, 0.717) is 0 Å². The van der Waals surface area contributed by atoms with Crippen molar-refractivity contribution in [2.45, 2.75) is 90.9 Å². The van der Waals surface area contributed by atoms with Crippen molar-refractivity contribution < 1.29 is 0 Å². The molecule has 0 aromatic carbocycles. The minimum Gasteiger partial charge on any atom is -0.317 e. The van der Waals surface area contributed by atoms with E-state index >= 15 is 0 Å². The third-order valence-electron chi connectivity index (χ3n) is 3.84. The minimum atomic E-state index is 1.17. The molecule has 0 aliphatic carbocycles. The van der Waals surface area contributed by atoms with Gasteiger partial charge in [0.25, 0.3) is 0 Å². The van der Waals surface area contributed by atoms with Gasteiger partial charge in [-0.1, -0.05) is 71.6 Å². The maximum Gasteiger partial charge on any atom is -0.00368 e. The Balaban J connectivity index is 2.89. The van der Waals surface area contributed by atoms with Crippen LogP contribution in [0.1, 0.15) is 90.9 Å². The monoisotopic (exact) mass is 284 g/mol. The molecule has 0 aromatic heterocycles. The van der Waals surface area contributed by atoms with Crippen LogP contribution >= 0.6 is 0 Å². The highest BCUT2D eigenvalue weighted by atomic mass is 14.9. The zero-order valence-electron chi connectivity index (χ0n) is 14.3. The van der Waals surface area contributed by atoms with Crippen LogP contribution in [-0.4, -0.2) is 26.2 Å². The Hall–Kier alpha value is -0.0800. The van der Waals surface area contributed by atoms with Gasteiger partial charge >= 0.3 is 0 Å². The molecule has 2 heteroatoms. The van der Waals surface area contributed by atoms with E-state index in [-0.39, 0.29) is 0 Å². The van der Waals surface area contributed by atoms with Crippen LogP contribution in [0.15, 0.2) is 0 Å². The summed E-state index contributed by atoms with van der Waals surface area (Å²) in [6.07, 6.45) is 16.8. The van der Waals surface area contributed by atoms with Crippen LogP contribution in [0, 0.1) is 0 Å². The van der Waals surface area contributed by atoms with Gasteiger partial charge in [-0.05, 0) is 45.4 Å². The molecule has 20 heavy (non-hydrogen) atoms. The van der Waals surface area contributed by atoms with E-state index in [4.69, 9.17) is 0 Å². The maximum atomic E-state index is 3.55. The predicted octanol–water partition coefficient (Wildman–Crippen LogP) is 4.89. The van der Waals surface area contributed by atoms with E-state index in [1.165, 1.54) is 103 Å². The fraction of sp³-hybridized carbons (Fsp3) is 1.00. The quantitative estimate of drug-likeness (QED) is 0.372. The van der Waals surface area contributed by atoms with Gasteiger partial charge in [0.2, 0.25) is 0 Å². The van der Waals surface area contributed by atoms with E-state index in [9.17, 15) is 0 Å². The summed E-state index contributed by atoms with van der Waals surface area (Å²) < 4.78 is 0. The Morgan fingerprint density at radius 3 is 1.40 bits per heavy atom. The van der Waals surface area contributed by atoms with Gasteiger partial charge in [0.15, 0.2) is 0 Å². The topological polar surface area (TPSA) is 24.1 Å². The first-order valence-corrected chi connectivity index (χ1v) is 9.33. The van der Waals surface area contributed by atoms with Crippen molar-refractivity contribution in [1.82, 2.24) is 10.6 Å². The lowest BCUT2D eigenvalue weighted by atomic mass is 10.1. The maximum absolute atomic E-state index is 3.55. The summed E-state index contributed by atoms with van der Waals surface area (Å²) in [5.74, 6) is 0. The van der Waals surface area contributed by atoms with Crippen LogP contribution in [0.25, 0.3) is 0 Å². The summed E-state index contributed by atoms with van der Waals surface area (Å²) in [6.45, 7) is 9.22. The molecule has 0 aromatic rings. The first kappa shape index (κ1) is 19.9. The van der Waals surface area contributed by atoms with Crippen LogP contribution in [0.2, 0.25) is 0 Å². The molecule has 0 rings (SSSR count). The van der Waals surface area contributed by atoms with Crippen molar-refractivity contribution >= 4 is 0 Å². The van der Waals surface area contributed by atoms with Gasteiger partial charge < -0.3 is 10.6 Å². The molecule has 0 spiro atoms. The fourth-order valence-electron chi connectivity index (χ4n) is 2.50. The van der Waals surface area contributed by atoms with Gasteiger partial charge in [0.05, 0.1) is 0 Å². The summed E-state index contributed by atoms with van der Waals surface area (Å²) in [6, 6.07) is 0. The summed E-state index contributed by atoms with van der Waals surface area (Å²) in [7, 11) is 0. The second-order valence-electron chi connectivity index (χ2n) is 6.04. The fourth-order valence-corrected chi connectivity index (χ4v) is 2.50. The van der Waals surface area contributed by atoms with Crippen molar-refractivity contribution in [2.24, 2.45) is 0 Å². The molecule has 122 valence electrons. The van der Waals surface area contributed by atoms with Crippen molar-refractivity contribution in [3.8, 4) is 0 Å². The molecule has 0 bridgehead atoms. The number of rotatable bonds is 17. The van der Waals surface area contributed by atoms with E-state index in [2.05, 4.69) is 24.5 Å². The van der Waals surface area contributed by atoms with E-state index in [0.717, 1.165) is 0 Å². The number of nitrogens with one attached hydrogen (secondary N) is 2. The number of unbranched alkanes of at least 4 members (excludes halogenated alkanes) is 9. The molecule has 0 atom stereocenters. The largest absolute Gasteiger partial charge is 0.317 e. The summed E-state index contributed by atoms with van der Waals surface area (Å²) in [4.78, 5) is 0. The molecular formula is C18H40N2. The first-order chi connectivity index (χ1) is 9.91. The molecule has 0 radical (unpaired) electrons. The second-order valence-corrected chi connectivity index (χ2v) is 6.04. The smallest absolute Gasteiger partial charge is 0.00368 e. The lowest BCUT2D eigenvalue weighted by Gasteiger charge is -2.06. The second kappa shape index (κ2) is 18.9. The minimum absolute atomic E-state index is 1.17. The standard InChI is InChI=1S/C18H40N2/c1-3-5-6-7-8-9-10-11-12-13-16-20-18-14-17-19-15-4-2/h19-20H,3-18H2,1-2H3. The van der Waals surface area contributed by atoms with Crippen LogP contribution < -0.4 is 10.6 Å². The van der Waals surface area contributed by atoms with Gasteiger partial charge in [0, 0.05) is 0 Å². The lowest BCUT2D eigenvalue weighted by molar-refractivity contribution is 0.536. The molecule has 0 unspecified atom stereocenters. The Kier molecular flexibility index (Phi) is 18.8. The van der Waals surface area contributed by atoms with Crippen molar-refractivity contribution in [3.05, 3.63) is 0 Å². The van der Waals surface area contributed by atoms with Gasteiger partial charge in [0.1, 0.15) is 0 Å². The molecule has 0 aliphatic rings. The average Bonchev–Trinajstić information content (AvgIpc) is 2.47. The number of hydrogen-bond donors (Lipinski definition) is 2. The van der Waals surface area contributed by atoms with Crippen LogP contribution in [-0.2, 0) is 0 Å². The van der Waals surface area contributed by atoms with E-state index in [1.807, 2.05) is 0 Å². The first-order valence-electron chi connectivity index (χ1n) is 9.33. The Morgan fingerprint density at radius 2 is 0.850 bits per heavy atom. The zero-order valence-corrected chi connectivity index (χ0v) is 14.3. The molecule has 0 heterocycles. The molecule has 2 nitrogen and oxygen atoms in total. The molecule has 0 aliphatic heterocycles. The van der Waals surface area contributed by atoms with E-state index < -0.39 is 0 Å². The number of hydrogen-bond acceptors (Lipinski definition) is 2. The SMILES string of the molecule is CCCCCCCCCCCCNCCCNCCC.